The fourth-order valence-electron chi connectivity index (χ4n) is 1.58. The predicted octanol–water partition coefficient (Wildman–Crippen LogP) is 1.08. The number of nitrogens with one attached hydrogen (secondary N) is 1. The van der Waals surface area contributed by atoms with Crippen molar-refractivity contribution in [2.24, 2.45) is 0 Å². The molecule has 1 fully saturated rings. The molecule has 3 nitrogen and oxygen atoms in total. The first-order valence-corrected chi connectivity index (χ1v) is 4.61. The van der Waals surface area contributed by atoms with Crippen molar-refractivity contribution in [2.45, 2.75) is 45.3 Å². The van der Waals surface area contributed by atoms with E-state index in [1.165, 1.54) is 0 Å². The standard InChI is InChI=1S/C9H17NO2/c1-3-9-6-8(4-5-12-9)10-7(2)11/h8-9H,3-6H2,1-2H3,(H,10,11)/t8-,9-/m0/s1. The molecule has 70 valence electrons. The maximum Gasteiger partial charge on any atom is 0.217 e. The molecule has 0 radical (unpaired) electrons. The first-order valence-electron chi connectivity index (χ1n) is 4.61. The van der Waals surface area contributed by atoms with Crippen LogP contribution in [0.2, 0.25) is 0 Å². The molecule has 0 unspecified atom stereocenters. The lowest BCUT2D eigenvalue weighted by molar-refractivity contribution is -0.120. The molecule has 1 saturated heterocycles. The monoisotopic (exact) mass is 171 g/mol. The van der Waals surface area contributed by atoms with Crippen LogP contribution in [0.5, 0.6) is 0 Å². The summed E-state index contributed by atoms with van der Waals surface area (Å²) in [6, 6.07) is 0.334. The third-order valence-electron chi connectivity index (χ3n) is 2.23. The van der Waals surface area contributed by atoms with Gasteiger partial charge in [-0.25, -0.2) is 0 Å². The number of carbonyl (C=O) groups is 1. The van der Waals surface area contributed by atoms with E-state index >= 15 is 0 Å². The fraction of sp³-hybridized carbons (Fsp3) is 0.889. The number of carbonyl (C=O) groups excluding carboxylic acids is 1. The third kappa shape index (κ3) is 2.81. The van der Waals surface area contributed by atoms with E-state index in [-0.39, 0.29) is 5.91 Å². The second kappa shape index (κ2) is 4.45. The van der Waals surface area contributed by atoms with Gasteiger partial charge >= 0.3 is 0 Å². The average molecular weight is 171 g/mol. The fourth-order valence-corrected chi connectivity index (χ4v) is 1.58. The lowest BCUT2D eigenvalue weighted by Gasteiger charge is -2.29. The van der Waals surface area contributed by atoms with Gasteiger partial charge in [-0.3, -0.25) is 4.79 Å². The maximum absolute atomic E-state index is 10.8. The van der Waals surface area contributed by atoms with Gasteiger partial charge in [-0.2, -0.15) is 0 Å². The molecule has 1 rings (SSSR count). The van der Waals surface area contributed by atoms with Crippen LogP contribution in [0, 0.1) is 0 Å². The molecule has 2 atom stereocenters. The van der Waals surface area contributed by atoms with Crippen molar-refractivity contribution in [3.8, 4) is 0 Å². The summed E-state index contributed by atoms with van der Waals surface area (Å²) in [6.07, 6.45) is 3.30. The lowest BCUT2D eigenvalue weighted by atomic mass is 10.0. The second-order valence-electron chi connectivity index (χ2n) is 3.32. The van der Waals surface area contributed by atoms with Gasteiger partial charge in [0, 0.05) is 19.6 Å². The molecule has 1 aliphatic rings. The van der Waals surface area contributed by atoms with E-state index in [1.807, 2.05) is 0 Å². The summed E-state index contributed by atoms with van der Waals surface area (Å²) in [6.45, 7) is 4.46. The highest BCUT2D eigenvalue weighted by Crippen LogP contribution is 2.15. The summed E-state index contributed by atoms with van der Waals surface area (Å²) in [5.74, 6) is 0.0664. The quantitative estimate of drug-likeness (QED) is 0.675. The van der Waals surface area contributed by atoms with E-state index < -0.39 is 0 Å². The molecule has 1 amide bonds. The topological polar surface area (TPSA) is 38.3 Å². The Labute approximate surface area is 73.5 Å². The molecule has 12 heavy (non-hydrogen) atoms. The van der Waals surface area contributed by atoms with Crippen molar-refractivity contribution in [1.29, 1.82) is 0 Å². The lowest BCUT2D eigenvalue weighted by Crippen LogP contribution is -2.40. The van der Waals surface area contributed by atoms with E-state index in [9.17, 15) is 4.79 Å². The molecule has 0 aliphatic carbocycles. The minimum Gasteiger partial charge on any atom is -0.378 e. The number of hydrogen-bond acceptors (Lipinski definition) is 2. The maximum atomic E-state index is 10.8. The van der Waals surface area contributed by atoms with Crippen LogP contribution in [-0.4, -0.2) is 24.7 Å². The summed E-state index contributed by atoms with van der Waals surface area (Å²) >= 11 is 0. The second-order valence-corrected chi connectivity index (χ2v) is 3.32. The highest BCUT2D eigenvalue weighted by Gasteiger charge is 2.21. The largest absolute Gasteiger partial charge is 0.378 e. The molecular weight excluding hydrogens is 154 g/mol. The first-order chi connectivity index (χ1) is 5.72. The van der Waals surface area contributed by atoms with Crippen LogP contribution in [0.15, 0.2) is 0 Å². The van der Waals surface area contributed by atoms with Crippen molar-refractivity contribution < 1.29 is 9.53 Å². The van der Waals surface area contributed by atoms with E-state index in [0.717, 1.165) is 25.9 Å². The summed E-state index contributed by atoms with van der Waals surface area (Å²) < 4.78 is 5.49. The molecule has 0 aromatic carbocycles. The molecule has 1 N–H and O–H groups in total. The van der Waals surface area contributed by atoms with Crippen molar-refractivity contribution >= 4 is 5.91 Å². The molecule has 1 heterocycles. The Bertz CT molecular complexity index is 159. The van der Waals surface area contributed by atoms with Gasteiger partial charge in [-0.05, 0) is 19.3 Å². The molecule has 1 aliphatic heterocycles. The summed E-state index contributed by atoms with van der Waals surface area (Å²) in [7, 11) is 0. The van der Waals surface area contributed by atoms with Crippen LogP contribution in [0.1, 0.15) is 33.1 Å². The van der Waals surface area contributed by atoms with Gasteiger partial charge in [0.25, 0.3) is 0 Å². The Morgan fingerprint density at radius 3 is 3.00 bits per heavy atom. The van der Waals surface area contributed by atoms with Crippen LogP contribution in [0.25, 0.3) is 0 Å². The number of amides is 1. The zero-order valence-electron chi connectivity index (χ0n) is 7.80. The molecule has 3 heteroatoms. The van der Waals surface area contributed by atoms with Crippen molar-refractivity contribution in [1.82, 2.24) is 5.32 Å². The van der Waals surface area contributed by atoms with E-state index in [4.69, 9.17) is 4.74 Å². The summed E-state index contributed by atoms with van der Waals surface area (Å²) in [5.41, 5.74) is 0. The molecular formula is C9H17NO2. The molecule has 0 saturated carbocycles. The summed E-state index contributed by atoms with van der Waals surface area (Å²) in [4.78, 5) is 10.8. The summed E-state index contributed by atoms with van der Waals surface area (Å²) in [5, 5.41) is 2.93. The minimum absolute atomic E-state index is 0.0664. The van der Waals surface area contributed by atoms with E-state index in [0.29, 0.717) is 12.1 Å². The van der Waals surface area contributed by atoms with Crippen LogP contribution in [-0.2, 0) is 9.53 Å². The molecule has 0 aromatic heterocycles. The Hall–Kier alpha value is -0.570. The van der Waals surface area contributed by atoms with Crippen LogP contribution in [0.4, 0.5) is 0 Å². The van der Waals surface area contributed by atoms with Gasteiger partial charge in [0.15, 0.2) is 0 Å². The van der Waals surface area contributed by atoms with E-state index in [1.54, 1.807) is 6.92 Å². The smallest absolute Gasteiger partial charge is 0.217 e. The van der Waals surface area contributed by atoms with Gasteiger partial charge in [0.2, 0.25) is 5.91 Å². The highest BCUT2D eigenvalue weighted by atomic mass is 16.5. The van der Waals surface area contributed by atoms with Gasteiger partial charge in [-0.15, -0.1) is 0 Å². The van der Waals surface area contributed by atoms with Crippen molar-refractivity contribution in [3.63, 3.8) is 0 Å². The van der Waals surface area contributed by atoms with Gasteiger partial charge in [-0.1, -0.05) is 6.92 Å². The molecule has 0 bridgehead atoms. The highest BCUT2D eigenvalue weighted by molar-refractivity contribution is 5.73. The number of hydrogen-bond donors (Lipinski definition) is 1. The third-order valence-corrected chi connectivity index (χ3v) is 2.23. The molecule has 0 aromatic rings. The zero-order chi connectivity index (χ0) is 8.97. The van der Waals surface area contributed by atoms with Gasteiger partial charge in [0.1, 0.15) is 0 Å². The van der Waals surface area contributed by atoms with Crippen LogP contribution < -0.4 is 5.32 Å². The van der Waals surface area contributed by atoms with Gasteiger partial charge in [0.05, 0.1) is 6.10 Å². The minimum atomic E-state index is 0.0664. The Kier molecular flexibility index (Phi) is 3.53. The van der Waals surface area contributed by atoms with Crippen LogP contribution in [0.3, 0.4) is 0 Å². The number of ether oxygens (including phenoxy) is 1. The molecule has 0 spiro atoms. The first kappa shape index (κ1) is 9.52. The predicted molar refractivity (Wildman–Crippen MR) is 46.9 cm³/mol. The number of rotatable bonds is 2. The Morgan fingerprint density at radius 2 is 2.42 bits per heavy atom. The normalized spacial score (nSPS) is 29.8. The van der Waals surface area contributed by atoms with Crippen molar-refractivity contribution in [3.05, 3.63) is 0 Å². The SMILES string of the molecule is CC[C@H]1C[C@@H](NC(C)=O)CCO1. The Balaban J connectivity index is 2.30. The van der Waals surface area contributed by atoms with Crippen LogP contribution >= 0.6 is 0 Å². The zero-order valence-corrected chi connectivity index (χ0v) is 7.80. The van der Waals surface area contributed by atoms with Crippen molar-refractivity contribution in [2.75, 3.05) is 6.61 Å². The van der Waals surface area contributed by atoms with Gasteiger partial charge < -0.3 is 10.1 Å². The van der Waals surface area contributed by atoms with E-state index in [2.05, 4.69) is 12.2 Å². The average Bonchev–Trinajstić information content (AvgIpc) is 2.03. The Morgan fingerprint density at radius 1 is 1.67 bits per heavy atom.